The summed E-state index contributed by atoms with van der Waals surface area (Å²) in [7, 11) is 0. The molecule has 1 aliphatic carbocycles. The van der Waals surface area contributed by atoms with Crippen LogP contribution in [0.2, 0.25) is 0 Å². The lowest BCUT2D eigenvalue weighted by Gasteiger charge is -2.58. The van der Waals surface area contributed by atoms with E-state index in [0.717, 1.165) is 64.3 Å². The number of hydrogen-bond acceptors (Lipinski definition) is 5. The van der Waals surface area contributed by atoms with Gasteiger partial charge in [-0.15, -0.1) is 0 Å². The van der Waals surface area contributed by atoms with E-state index < -0.39 is 0 Å². The van der Waals surface area contributed by atoms with Crippen LogP contribution < -0.4 is 0 Å². The second kappa shape index (κ2) is 14.4. The molecule has 0 radical (unpaired) electrons. The number of rotatable bonds is 18. The Morgan fingerprint density at radius 2 is 1.86 bits per heavy atom. The van der Waals surface area contributed by atoms with Crippen molar-refractivity contribution < 1.29 is 9.90 Å². The number of hydrogen-bond donors (Lipinski definition) is 1. The quantitative estimate of drug-likeness (QED) is 0.299. The summed E-state index contributed by atoms with van der Waals surface area (Å²) in [5.74, 6) is 1.62. The van der Waals surface area contributed by atoms with E-state index >= 15 is 0 Å². The summed E-state index contributed by atoms with van der Waals surface area (Å²) in [5.41, 5.74) is 2.70. The SMILES string of the molecule is C=C(CN(CCC)CCN1C(Cc2ccccc2)C(N(CCO)CCC(C)CC)C1C(C)=O)C1CC1. The first-order chi connectivity index (χ1) is 17.4. The molecule has 1 aromatic carbocycles. The molecule has 1 heterocycles. The molecule has 0 amide bonds. The van der Waals surface area contributed by atoms with Gasteiger partial charge in [0.15, 0.2) is 0 Å². The Bertz CT molecular complexity index is 809. The van der Waals surface area contributed by atoms with Gasteiger partial charge >= 0.3 is 0 Å². The smallest absolute Gasteiger partial charge is 0.148 e. The van der Waals surface area contributed by atoms with Gasteiger partial charge in [0.2, 0.25) is 0 Å². The molecule has 4 atom stereocenters. The zero-order chi connectivity index (χ0) is 26.1. The number of aliphatic hydroxyl groups is 1. The van der Waals surface area contributed by atoms with Gasteiger partial charge in [0.25, 0.3) is 0 Å². The van der Waals surface area contributed by atoms with E-state index in [4.69, 9.17) is 0 Å². The molecule has 0 spiro atoms. The number of carbonyl (C=O) groups excluding carboxylic acids is 1. The molecule has 5 heteroatoms. The summed E-state index contributed by atoms with van der Waals surface area (Å²) in [6, 6.07) is 11.0. The van der Waals surface area contributed by atoms with Crippen LogP contribution in [0.3, 0.4) is 0 Å². The number of aliphatic hydroxyl groups excluding tert-OH is 1. The summed E-state index contributed by atoms with van der Waals surface area (Å²) in [6.45, 7) is 18.5. The predicted octanol–water partition coefficient (Wildman–Crippen LogP) is 4.65. The maximum absolute atomic E-state index is 13.0. The highest BCUT2D eigenvalue weighted by Gasteiger charge is 2.52. The van der Waals surface area contributed by atoms with Crippen LogP contribution in [0.1, 0.15) is 65.4 Å². The van der Waals surface area contributed by atoms with Gasteiger partial charge in [-0.1, -0.05) is 69.7 Å². The molecule has 1 saturated heterocycles. The van der Waals surface area contributed by atoms with Crippen molar-refractivity contribution in [3.05, 3.63) is 48.0 Å². The Labute approximate surface area is 220 Å². The number of ketones is 1. The Morgan fingerprint density at radius 3 is 2.44 bits per heavy atom. The highest BCUT2D eigenvalue weighted by molar-refractivity contribution is 5.84. The number of nitrogens with zero attached hydrogens (tertiary/aromatic N) is 3. The fraction of sp³-hybridized carbons (Fsp3) is 0.710. The summed E-state index contributed by atoms with van der Waals surface area (Å²) in [6.07, 6.45) is 6.92. The average molecular weight is 498 g/mol. The Morgan fingerprint density at radius 1 is 1.14 bits per heavy atom. The number of likely N-dealkylation sites (tertiary alicyclic amines) is 1. The molecule has 4 unspecified atom stereocenters. The molecule has 1 N–H and O–H groups in total. The van der Waals surface area contributed by atoms with Gasteiger partial charge in [-0.05, 0) is 69.5 Å². The minimum Gasteiger partial charge on any atom is -0.395 e. The zero-order valence-electron chi connectivity index (χ0n) is 23.4. The van der Waals surface area contributed by atoms with E-state index in [9.17, 15) is 9.90 Å². The average Bonchev–Trinajstić information content (AvgIpc) is 3.70. The van der Waals surface area contributed by atoms with Gasteiger partial charge in [-0.25, -0.2) is 0 Å². The van der Waals surface area contributed by atoms with Crippen molar-refractivity contribution >= 4 is 5.78 Å². The topological polar surface area (TPSA) is 47.0 Å². The van der Waals surface area contributed by atoms with Gasteiger partial charge in [0.05, 0.1) is 12.6 Å². The molecule has 36 heavy (non-hydrogen) atoms. The van der Waals surface area contributed by atoms with Crippen LogP contribution in [0.4, 0.5) is 0 Å². The first kappa shape index (κ1) is 29.0. The van der Waals surface area contributed by atoms with Crippen LogP contribution in [0.25, 0.3) is 0 Å². The molecule has 5 nitrogen and oxygen atoms in total. The van der Waals surface area contributed by atoms with Crippen molar-refractivity contribution in [3.63, 3.8) is 0 Å². The second-order valence-electron chi connectivity index (χ2n) is 11.3. The van der Waals surface area contributed by atoms with Crippen LogP contribution in [0, 0.1) is 11.8 Å². The largest absolute Gasteiger partial charge is 0.395 e. The maximum Gasteiger partial charge on any atom is 0.148 e. The molecule has 2 aliphatic rings. The monoisotopic (exact) mass is 497 g/mol. The second-order valence-corrected chi connectivity index (χ2v) is 11.3. The van der Waals surface area contributed by atoms with E-state index in [0.29, 0.717) is 12.5 Å². The zero-order valence-corrected chi connectivity index (χ0v) is 23.4. The van der Waals surface area contributed by atoms with Gasteiger partial charge in [0.1, 0.15) is 5.78 Å². The highest BCUT2D eigenvalue weighted by atomic mass is 16.3. The van der Waals surface area contributed by atoms with Crippen LogP contribution >= 0.6 is 0 Å². The lowest BCUT2D eigenvalue weighted by atomic mass is 9.79. The normalized spacial score (nSPS) is 23.1. The third-order valence-corrected chi connectivity index (χ3v) is 8.42. The van der Waals surface area contributed by atoms with Gasteiger partial charge in [-0.2, -0.15) is 0 Å². The standard InChI is InChI=1S/C31H51N3O2/c1-6-16-32(23-25(4)28-13-14-28)18-19-34-29(22-27-11-9-8-10-12-27)31(30(34)26(5)36)33(20-21-35)17-15-24(3)7-2/h8-12,24,28-31,35H,4,6-7,13-23H2,1-3,5H3. The third kappa shape index (κ3) is 7.98. The van der Waals surface area contributed by atoms with Crippen molar-refractivity contribution in [2.75, 3.05) is 45.9 Å². The molecule has 1 saturated carbocycles. The Kier molecular flexibility index (Phi) is 11.6. The minimum absolute atomic E-state index is 0.0997. The summed E-state index contributed by atoms with van der Waals surface area (Å²) in [4.78, 5) is 20.5. The van der Waals surface area contributed by atoms with Crippen molar-refractivity contribution in [2.45, 2.75) is 84.3 Å². The molecule has 1 aliphatic heterocycles. The van der Waals surface area contributed by atoms with Crippen LogP contribution in [-0.2, 0) is 11.2 Å². The third-order valence-electron chi connectivity index (χ3n) is 8.42. The van der Waals surface area contributed by atoms with E-state index in [1.54, 1.807) is 6.92 Å². The van der Waals surface area contributed by atoms with Gasteiger partial charge in [-0.3, -0.25) is 19.5 Å². The molecule has 0 bridgehead atoms. The maximum atomic E-state index is 13.0. The van der Waals surface area contributed by atoms with E-state index in [2.05, 4.69) is 72.4 Å². The lowest BCUT2D eigenvalue weighted by molar-refractivity contribution is -0.144. The van der Waals surface area contributed by atoms with E-state index in [1.807, 2.05) is 0 Å². The molecule has 3 rings (SSSR count). The number of benzene rings is 1. The van der Waals surface area contributed by atoms with Crippen molar-refractivity contribution in [1.29, 1.82) is 0 Å². The first-order valence-electron chi connectivity index (χ1n) is 14.4. The highest BCUT2D eigenvalue weighted by Crippen LogP contribution is 2.36. The molecule has 2 fully saturated rings. The van der Waals surface area contributed by atoms with E-state index in [1.165, 1.54) is 24.0 Å². The van der Waals surface area contributed by atoms with Crippen molar-refractivity contribution in [1.82, 2.24) is 14.7 Å². The molecule has 1 aromatic rings. The molecule has 202 valence electrons. The Balaban J connectivity index is 1.77. The molecular formula is C31H51N3O2. The number of carbonyl (C=O) groups is 1. The van der Waals surface area contributed by atoms with E-state index in [-0.39, 0.29) is 30.5 Å². The van der Waals surface area contributed by atoms with Crippen LogP contribution in [0.5, 0.6) is 0 Å². The lowest BCUT2D eigenvalue weighted by Crippen LogP contribution is -2.76. The molecular weight excluding hydrogens is 446 g/mol. The van der Waals surface area contributed by atoms with Gasteiger partial charge < -0.3 is 5.11 Å². The fourth-order valence-electron chi connectivity index (χ4n) is 5.90. The number of Topliss-reactive ketones (excluding diaryl/α,β-unsaturated/α-hetero) is 1. The summed E-state index contributed by atoms with van der Waals surface area (Å²) in [5, 5.41) is 9.91. The van der Waals surface area contributed by atoms with Crippen LogP contribution in [-0.4, -0.2) is 89.6 Å². The summed E-state index contributed by atoms with van der Waals surface area (Å²) >= 11 is 0. The van der Waals surface area contributed by atoms with Crippen LogP contribution in [0.15, 0.2) is 42.5 Å². The first-order valence-corrected chi connectivity index (χ1v) is 14.4. The predicted molar refractivity (Wildman–Crippen MR) is 150 cm³/mol. The fourth-order valence-corrected chi connectivity index (χ4v) is 5.90. The molecule has 0 aromatic heterocycles. The van der Waals surface area contributed by atoms with Crippen molar-refractivity contribution in [3.8, 4) is 0 Å². The van der Waals surface area contributed by atoms with Crippen molar-refractivity contribution in [2.24, 2.45) is 11.8 Å². The Hall–Kier alpha value is -1.53. The van der Waals surface area contributed by atoms with Gasteiger partial charge in [0, 0.05) is 38.3 Å². The summed E-state index contributed by atoms with van der Waals surface area (Å²) < 4.78 is 0. The minimum atomic E-state index is -0.0997.